The fourth-order valence-electron chi connectivity index (χ4n) is 1.87. The maximum atomic E-state index is 4.37. The van der Waals surface area contributed by atoms with Gasteiger partial charge >= 0.3 is 0 Å². The van der Waals surface area contributed by atoms with E-state index in [1.165, 1.54) is 25.8 Å². The van der Waals surface area contributed by atoms with E-state index in [0.29, 0.717) is 0 Å². The fourth-order valence-corrected chi connectivity index (χ4v) is 1.87. The molecule has 0 bridgehead atoms. The molecule has 0 saturated carbocycles. The van der Waals surface area contributed by atoms with Gasteiger partial charge in [0, 0.05) is 19.1 Å². The minimum Gasteiger partial charge on any atom is -0.320 e. The van der Waals surface area contributed by atoms with Gasteiger partial charge in [-0.3, -0.25) is 0 Å². The Balaban J connectivity index is 2.09. The summed E-state index contributed by atoms with van der Waals surface area (Å²) in [6.07, 6.45) is 3.77. The van der Waals surface area contributed by atoms with Gasteiger partial charge in [-0.25, -0.2) is 5.32 Å². The summed E-state index contributed by atoms with van der Waals surface area (Å²) in [6, 6.07) is 0.786. The number of hydrogen-bond acceptors (Lipinski definition) is 2. The van der Waals surface area contributed by atoms with Crippen molar-refractivity contribution >= 4 is 0 Å². The minimum atomic E-state index is 0.786. The average Bonchev–Trinajstić information content (AvgIpc) is 2.19. The van der Waals surface area contributed by atoms with Crippen molar-refractivity contribution in [2.75, 3.05) is 40.3 Å². The van der Waals surface area contributed by atoms with Gasteiger partial charge in [-0.1, -0.05) is 0 Å². The van der Waals surface area contributed by atoms with Crippen LogP contribution in [0.4, 0.5) is 0 Å². The molecule has 1 heterocycles. The van der Waals surface area contributed by atoms with Crippen LogP contribution in [-0.4, -0.2) is 51.2 Å². The van der Waals surface area contributed by atoms with Crippen molar-refractivity contribution < 1.29 is 0 Å². The molecule has 3 nitrogen and oxygen atoms in total. The molecule has 1 radical (unpaired) electrons. The zero-order chi connectivity index (χ0) is 9.52. The maximum absolute atomic E-state index is 4.37. The highest BCUT2D eigenvalue weighted by Crippen LogP contribution is 2.10. The summed E-state index contributed by atoms with van der Waals surface area (Å²) >= 11 is 0. The van der Waals surface area contributed by atoms with Crippen molar-refractivity contribution in [2.24, 2.45) is 0 Å². The van der Waals surface area contributed by atoms with Crippen molar-refractivity contribution in [3.8, 4) is 0 Å². The third-order valence-corrected chi connectivity index (χ3v) is 2.80. The van der Waals surface area contributed by atoms with Crippen LogP contribution in [-0.2, 0) is 0 Å². The standard InChI is InChI=1S/C10H22N3/c1-11-6-3-9-13(2)10-4-7-12-8-5-10/h10-11H,3-9H2,1-2H3. The normalized spacial score (nSPS) is 19.6. The monoisotopic (exact) mass is 184 g/mol. The van der Waals surface area contributed by atoms with Gasteiger partial charge in [-0.15, -0.1) is 0 Å². The van der Waals surface area contributed by atoms with E-state index in [0.717, 1.165) is 25.7 Å². The summed E-state index contributed by atoms with van der Waals surface area (Å²) in [7, 11) is 4.26. The number of piperidine rings is 1. The van der Waals surface area contributed by atoms with Crippen LogP contribution < -0.4 is 10.6 Å². The Morgan fingerprint density at radius 3 is 2.69 bits per heavy atom. The third kappa shape index (κ3) is 4.07. The molecule has 1 N–H and O–H groups in total. The molecule has 0 aromatic carbocycles. The Labute approximate surface area is 81.9 Å². The first-order valence-electron chi connectivity index (χ1n) is 5.32. The molecular formula is C10H22N3. The first kappa shape index (κ1) is 11.0. The molecule has 0 amide bonds. The van der Waals surface area contributed by atoms with Crippen LogP contribution >= 0.6 is 0 Å². The number of nitrogens with zero attached hydrogens (tertiary/aromatic N) is 2. The third-order valence-electron chi connectivity index (χ3n) is 2.80. The van der Waals surface area contributed by atoms with E-state index >= 15 is 0 Å². The van der Waals surface area contributed by atoms with E-state index in [9.17, 15) is 0 Å². The van der Waals surface area contributed by atoms with Gasteiger partial charge < -0.3 is 10.2 Å². The summed E-state index contributed by atoms with van der Waals surface area (Å²) in [5, 5.41) is 7.55. The summed E-state index contributed by atoms with van der Waals surface area (Å²) in [5.41, 5.74) is 0. The molecule has 13 heavy (non-hydrogen) atoms. The molecule has 0 spiro atoms. The molecule has 1 aliphatic heterocycles. The molecule has 0 atom stereocenters. The van der Waals surface area contributed by atoms with E-state index in [1.807, 2.05) is 7.05 Å². The summed E-state index contributed by atoms with van der Waals surface area (Å²) in [6.45, 7) is 4.48. The molecule has 1 saturated heterocycles. The predicted octanol–water partition coefficient (Wildman–Crippen LogP) is 0.295. The second-order valence-corrected chi connectivity index (χ2v) is 3.84. The summed E-state index contributed by atoms with van der Waals surface area (Å²) in [4.78, 5) is 2.49. The predicted molar refractivity (Wildman–Crippen MR) is 56.1 cm³/mol. The van der Waals surface area contributed by atoms with Gasteiger partial charge in [0.1, 0.15) is 0 Å². The van der Waals surface area contributed by atoms with Crippen LogP contribution in [0.1, 0.15) is 19.3 Å². The fraction of sp³-hybridized carbons (Fsp3) is 1.00. The lowest BCUT2D eigenvalue weighted by Crippen LogP contribution is -2.39. The van der Waals surface area contributed by atoms with Gasteiger partial charge in [0.2, 0.25) is 0 Å². The number of hydrogen-bond donors (Lipinski definition) is 1. The van der Waals surface area contributed by atoms with E-state index in [2.05, 4.69) is 22.6 Å². The zero-order valence-electron chi connectivity index (χ0n) is 8.92. The van der Waals surface area contributed by atoms with Crippen LogP contribution in [0, 0.1) is 0 Å². The lowest BCUT2D eigenvalue weighted by molar-refractivity contribution is 0.196. The second-order valence-electron chi connectivity index (χ2n) is 3.84. The molecule has 0 aromatic heterocycles. The molecule has 3 heteroatoms. The smallest absolute Gasteiger partial charge is 0.0148 e. The Kier molecular flexibility index (Phi) is 5.35. The minimum absolute atomic E-state index is 0.786. The van der Waals surface area contributed by atoms with Crippen molar-refractivity contribution in [1.82, 2.24) is 15.5 Å². The average molecular weight is 184 g/mol. The molecule has 0 aromatic rings. The van der Waals surface area contributed by atoms with Crippen molar-refractivity contribution in [3.63, 3.8) is 0 Å². The first-order valence-corrected chi connectivity index (χ1v) is 5.32. The number of rotatable bonds is 5. The van der Waals surface area contributed by atoms with E-state index in [1.54, 1.807) is 0 Å². The molecule has 0 aliphatic carbocycles. The molecule has 77 valence electrons. The Hall–Kier alpha value is -0.120. The van der Waals surface area contributed by atoms with E-state index < -0.39 is 0 Å². The van der Waals surface area contributed by atoms with Crippen LogP contribution in [0.5, 0.6) is 0 Å². The van der Waals surface area contributed by atoms with E-state index in [4.69, 9.17) is 0 Å². The van der Waals surface area contributed by atoms with Gasteiger partial charge in [0.05, 0.1) is 0 Å². The van der Waals surface area contributed by atoms with Crippen molar-refractivity contribution in [1.29, 1.82) is 0 Å². The highest BCUT2D eigenvalue weighted by molar-refractivity contribution is 4.75. The zero-order valence-corrected chi connectivity index (χ0v) is 8.92. The van der Waals surface area contributed by atoms with Gasteiger partial charge in [-0.05, 0) is 46.4 Å². The van der Waals surface area contributed by atoms with Gasteiger partial charge in [-0.2, -0.15) is 0 Å². The van der Waals surface area contributed by atoms with E-state index in [-0.39, 0.29) is 0 Å². The molecule has 1 aliphatic rings. The first-order chi connectivity index (χ1) is 6.34. The lowest BCUT2D eigenvalue weighted by Gasteiger charge is -2.30. The van der Waals surface area contributed by atoms with Crippen LogP contribution in [0.3, 0.4) is 0 Å². The Morgan fingerprint density at radius 1 is 1.38 bits per heavy atom. The Bertz CT molecular complexity index is 121. The quantitative estimate of drug-likeness (QED) is 0.623. The largest absolute Gasteiger partial charge is 0.320 e. The molecule has 0 unspecified atom stereocenters. The van der Waals surface area contributed by atoms with Gasteiger partial charge in [0.15, 0.2) is 0 Å². The summed E-state index contributed by atoms with van der Waals surface area (Å²) in [5.74, 6) is 0. The van der Waals surface area contributed by atoms with Crippen molar-refractivity contribution in [2.45, 2.75) is 25.3 Å². The van der Waals surface area contributed by atoms with Gasteiger partial charge in [0.25, 0.3) is 0 Å². The topological polar surface area (TPSA) is 29.4 Å². The molecule has 1 fully saturated rings. The van der Waals surface area contributed by atoms with Crippen LogP contribution in [0.2, 0.25) is 0 Å². The van der Waals surface area contributed by atoms with Crippen LogP contribution in [0.25, 0.3) is 0 Å². The molecular weight excluding hydrogens is 162 g/mol. The number of nitrogens with one attached hydrogen (secondary N) is 1. The van der Waals surface area contributed by atoms with Crippen LogP contribution in [0.15, 0.2) is 0 Å². The SMILES string of the molecule is CNCCCN(C)C1CC[N]CC1. The Morgan fingerprint density at radius 2 is 2.08 bits per heavy atom. The highest BCUT2D eigenvalue weighted by Gasteiger charge is 2.17. The lowest BCUT2D eigenvalue weighted by atomic mass is 10.1. The summed E-state index contributed by atoms with van der Waals surface area (Å²) < 4.78 is 0. The second kappa shape index (κ2) is 6.35. The van der Waals surface area contributed by atoms with Crippen molar-refractivity contribution in [3.05, 3.63) is 0 Å². The highest BCUT2D eigenvalue weighted by atomic mass is 15.1. The molecule has 1 rings (SSSR count). The maximum Gasteiger partial charge on any atom is 0.0148 e.